The zero-order valence-electron chi connectivity index (χ0n) is 35.9. The van der Waals surface area contributed by atoms with Gasteiger partial charge in [-0.15, -0.1) is 0 Å². The molecule has 0 aromatic carbocycles. The van der Waals surface area contributed by atoms with Crippen LogP contribution in [0.3, 0.4) is 0 Å². The van der Waals surface area contributed by atoms with E-state index in [1.807, 2.05) is 0 Å². The van der Waals surface area contributed by atoms with E-state index >= 15 is 0 Å². The quantitative estimate of drug-likeness (QED) is 0.0267. The summed E-state index contributed by atoms with van der Waals surface area (Å²) in [7, 11) is -4.37. The van der Waals surface area contributed by atoms with E-state index in [-0.39, 0.29) is 38.6 Å². The Balaban J connectivity index is 4.08. The van der Waals surface area contributed by atoms with Crippen LogP contribution in [0.15, 0.2) is 12.2 Å². The molecular weight excluding hydrogens is 713 g/mol. The lowest BCUT2D eigenvalue weighted by atomic mass is 10.0. The van der Waals surface area contributed by atoms with Gasteiger partial charge in [0, 0.05) is 19.4 Å². The molecule has 0 aliphatic carbocycles. The van der Waals surface area contributed by atoms with Gasteiger partial charge in [-0.1, -0.05) is 193 Å². The summed E-state index contributed by atoms with van der Waals surface area (Å²) < 4.78 is 32.8. The Bertz CT molecular complexity index is 917. The van der Waals surface area contributed by atoms with E-state index in [0.717, 1.165) is 51.4 Å². The fourth-order valence-electron chi connectivity index (χ4n) is 6.69. The first-order chi connectivity index (χ1) is 26.8. The lowest BCUT2D eigenvalue weighted by molar-refractivity contribution is -0.161. The molecule has 0 saturated heterocycles. The SMILES string of the molecule is CCCCCCCCC=CCCCCCCCC(=O)OC[C@H](COP(=O)(O)OCCN)OC(=O)CCCCCCCCCCCCCCCCCCCCC. The minimum absolute atomic E-state index is 0.0553. The number of esters is 2. The first-order valence-corrected chi connectivity index (χ1v) is 24.7. The Morgan fingerprint density at radius 3 is 1.29 bits per heavy atom. The molecule has 0 rings (SSSR count). The van der Waals surface area contributed by atoms with E-state index in [2.05, 4.69) is 26.0 Å². The van der Waals surface area contributed by atoms with E-state index in [1.54, 1.807) is 0 Å². The summed E-state index contributed by atoms with van der Waals surface area (Å²) in [5, 5.41) is 0. The van der Waals surface area contributed by atoms with Crippen LogP contribution in [-0.4, -0.2) is 49.3 Å². The van der Waals surface area contributed by atoms with Crippen LogP contribution in [0.5, 0.6) is 0 Å². The molecule has 0 aromatic rings. The fraction of sp³-hybridized carbons (Fsp3) is 0.911. The van der Waals surface area contributed by atoms with Crippen LogP contribution in [0.2, 0.25) is 0 Å². The molecule has 1 unspecified atom stereocenters. The molecule has 0 aliphatic heterocycles. The van der Waals surface area contributed by atoms with E-state index < -0.39 is 26.5 Å². The van der Waals surface area contributed by atoms with Gasteiger partial charge in [0.1, 0.15) is 6.61 Å². The molecule has 2 atom stereocenters. The third-order valence-corrected chi connectivity index (χ3v) is 11.1. The number of carbonyl (C=O) groups is 2. The highest BCUT2D eigenvalue weighted by atomic mass is 31.2. The lowest BCUT2D eigenvalue weighted by Crippen LogP contribution is -2.29. The summed E-state index contributed by atoms with van der Waals surface area (Å²) in [5.41, 5.74) is 5.35. The number of phosphoric acid groups is 1. The van der Waals surface area contributed by atoms with Gasteiger partial charge in [-0.3, -0.25) is 18.6 Å². The van der Waals surface area contributed by atoms with Crippen LogP contribution in [0.4, 0.5) is 0 Å². The summed E-state index contributed by atoms with van der Waals surface area (Å²) >= 11 is 0. The molecule has 55 heavy (non-hydrogen) atoms. The molecule has 0 aliphatic rings. The van der Waals surface area contributed by atoms with E-state index in [0.29, 0.717) is 6.42 Å². The van der Waals surface area contributed by atoms with Crippen LogP contribution in [0.25, 0.3) is 0 Å². The third kappa shape index (κ3) is 42.2. The molecule has 0 bridgehead atoms. The van der Waals surface area contributed by atoms with Gasteiger partial charge in [0.25, 0.3) is 0 Å². The van der Waals surface area contributed by atoms with Crippen molar-refractivity contribution in [3.8, 4) is 0 Å². The molecule has 3 N–H and O–H groups in total. The highest BCUT2D eigenvalue weighted by Crippen LogP contribution is 2.43. The molecule has 0 fully saturated rings. The zero-order chi connectivity index (χ0) is 40.3. The van der Waals surface area contributed by atoms with Crippen molar-refractivity contribution in [1.29, 1.82) is 0 Å². The van der Waals surface area contributed by atoms with Crippen molar-refractivity contribution in [2.75, 3.05) is 26.4 Å². The summed E-state index contributed by atoms with van der Waals surface area (Å²) in [5.74, 6) is -0.825. The Labute approximate surface area is 339 Å². The molecular formula is C45H88NO8P. The van der Waals surface area contributed by atoms with Gasteiger partial charge in [0.2, 0.25) is 0 Å². The van der Waals surface area contributed by atoms with Gasteiger partial charge in [-0.25, -0.2) is 4.57 Å². The first kappa shape index (κ1) is 53.8. The summed E-state index contributed by atoms with van der Waals surface area (Å²) in [6.45, 7) is 3.76. The number of carbonyl (C=O) groups excluding carboxylic acids is 2. The number of allylic oxidation sites excluding steroid dienone is 2. The first-order valence-electron chi connectivity index (χ1n) is 23.2. The summed E-state index contributed by atoms with van der Waals surface area (Å²) in [6.07, 6.45) is 43.8. The van der Waals surface area contributed by atoms with Gasteiger partial charge in [0.05, 0.1) is 13.2 Å². The van der Waals surface area contributed by atoms with Gasteiger partial charge in [-0.2, -0.15) is 0 Å². The standard InChI is InChI=1S/C45H88NO8P/c1-3-5-7-9-11-13-15-17-19-20-21-22-24-26-28-30-32-34-36-38-45(48)54-43(42-53-55(49,50)52-40-39-46)41-51-44(47)37-35-33-31-29-27-25-23-18-16-14-12-10-8-6-4-2/h18,23,43H,3-17,19-22,24-42,46H2,1-2H3,(H,49,50)/t43-/m1/s1. The monoisotopic (exact) mass is 802 g/mol. The van der Waals surface area contributed by atoms with Crippen LogP contribution in [0, 0.1) is 0 Å². The smallest absolute Gasteiger partial charge is 0.462 e. The Kier molecular flexibility index (Phi) is 41.4. The topological polar surface area (TPSA) is 134 Å². The minimum Gasteiger partial charge on any atom is -0.462 e. The number of nitrogens with two attached hydrogens (primary N) is 1. The highest BCUT2D eigenvalue weighted by molar-refractivity contribution is 7.47. The van der Waals surface area contributed by atoms with Crippen molar-refractivity contribution < 1.29 is 37.6 Å². The Morgan fingerprint density at radius 1 is 0.527 bits per heavy atom. The second kappa shape index (κ2) is 42.4. The summed E-state index contributed by atoms with van der Waals surface area (Å²) in [6, 6.07) is 0. The van der Waals surface area contributed by atoms with Gasteiger partial charge in [0.15, 0.2) is 6.10 Å². The van der Waals surface area contributed by atoms with Crippen molar-refractivity contribution in [3.05, 3.63) is 12.2 Å². The molecule has 0 radical (unpaired) electrons. The van der Waals surface area contributed by atoms with Crippen LogP contribution >= 0.6 is 7.82 Å². The number of hydrogen-bond acceptors (Lipinski definition) is 8. The van der Waals surface area contributed by atoms with Gasteiger partial charge < -0.3 is 20.1 Å². The second-order valence-corrected chi connectivity index (χ2v) is 17.1. The molecule has 326 valence electrons. The van der Waals surface area contributed by atoms with Crippen LogP contribution < -0.4 is 5.73 Å². The molecule has 10 heteroatoms. The Hall–Kier alpha value is -1.25. The predicted molar refractivity (Wildman–Crippen MR) is 229 cm³/mol. The highest BCUT2D eigenvalue weighted by Gasteiger charge is 2.26. The van der Waals surface area contributed by atoms with Crippen LogP contribution in [-0.2, 0) is 32.7 Å². The van der Waals surface area contributed by atoms with Crippen molar-refractivity contribution in [3.63, 3.8) is 0 Å². The van der Waals surface area contributed by atoms with E-state index in [4.69, 9.17) is 24.3 Å². The molecule has 0 spiro atoms. The number of ether oxygens (including phenoxy) is 2. The normalized spacial score (nSPS) is 13.3. The number of unbranched alkanes of at least 4 members (excludes halogenated alkanes) is 29. The van der Waals surface area contributed by atoms with Gasteiger partial charge in [-0.05, 0) is 38.5 Å². The Morgan fingerprint density at radius 2 is 0.891 bits per heavy atom. The zero-order valence-corrected chi connectivity index (χ0v) is 36.8. The third-order valence-electron chi connectivity index (χ3n) is 10.2. The van der Waals surface area contributed by atoms with Crippen LogP contribution in [0.1, 0.15) is 232 Å². The lowest BCUT2D eigenvalue weighted by Gasteiger charge is -2.19. The summed E-state index contributed by atoms with van der Waals surface area (Å²) in [4.78, 5) is 34.9. The van der Waals surface area contributed by atoms with Gasteiger partial charge >= 0.3 is 19.8 Å². The number of hydrogen-bond donors (Lipinski definition) is 2. The molecule has 0 amide bonds. The fourth-order valence-corrected chi connectivity index (χ4v) is 7.45. The molecule has 9 nitrogen and oxygen atoms in total. The number of rotatable bonds is 44. The van der Waals surface area contributed by atoms with Crippen molar-refractivity contribution >= 4 is 19.8 Å². The average Bonchev–Trinajstić information content (AvgIpc) is 3.17. The van der Waals surface area contributed by atoms with Crippen molar-refractivity contribution in [2.45, 2.75) is 238 Å². The molecule has 0 saturated carbocycles. The number of phosphoric ester groups is 1. The molecule has 0 aromatic heterocycles. The second-order valence-electron chi connectivity index (χ2n) is 15.6. The van der Waals surface area contributed by atoms with E-state index in [9.17, 15) is 19.0 Å². The maximum absolute atomic E-state index is 12.6. The maximum atomic E-state index is 12.6. The average molecular weight is 802 g/mol. The maximum Gasteiger partial charge on any atom is 0.472 e. The largest absolute Gasteiger partial charge is 0.472 e. The predicted octanol–water partition coefficient (Wildman–Crippen LogP) is 13.4. The van der Waals surface area contributed by atoms with Crippen molar-refractivity contribution in [1.82, 2.24) is 0 Å². The minimum atomic E-state index is -4.37. The van der Waals surface area contributed by atoms with E-state index in [1.165, 1.54) is 148 Å². The van der Waals surface area contributed by atoms with Crippen molar-refractivity contribution in [2.24, 2.45) is 5.73 Å². The molecule has 0 heterocycles.